The lowest BCUT2D eigenvalue weighted by molar-refractivity contribution is 0.346. The highest BCUT2D eigenvalue weighted by molar-refractivity contribution is 14.0. The summed E-state index contributed by atoms with van der Waals surface area (Å²) in [5.74, 6) is 3.22. The molecule has 8 nitrogen and oxygen atoms in total. The Hall–Kier alpha value is -2.82. The third-order valence-corrected chi connectivity index (χ3v) is 5.72. The molecule has 0 amide bonds. The van der Waals surface area contributed by atoms with Gasteiger partial charge in [-0.2, -0.15) is 5.10 Å². The van der Waals surface area contributed by atoms with Crippen LogP contribution in [0.15, 0.2) is 41.5 Å². The van der Waals surface area contributed by atoms with Crippen molar-refractivity contribution in [3.63, 3.8) is 0 Å². The number of halogens is 1. The number of ether oxygens (including phenoxy) is 2. The number of pyridine rings is 1. The molecule has 2 aromatic heterocycles. The zero-order valence-corrected chi connectivity index (χ0v) is 22.1. The van der Waals surface area contributed by atoms with Gasteiger partial charge in [-0.05, 0) is 61.2 Å². The van der Waals surface area contributed by atoms with E-state index in [9.17, 15) is 0 Å². The minimum atomic E-state index is 0. The number of guanidine groups is 1. The van der Waals surface area contributed by atoms with E-state index in [1.165, 1.54) is 11.1 Å². The van der Waals surface area contributed by atoms with Gasteiger partial charge in [-0.3, -0.25) is 4.99 Å². The molecule has 1 N–H and O–H groups in total. The van der Waals surface area contributed by atoms with Crippen LogP contribution in [0.1, 0.15) is 28.1 Å². The molecule has 3 heterocycles. The second-order valence-corrected chi connectivity index (χ2v) is 7.91. The summed E-state index contributed by atoms with van der Waals surface area (Å²) in [6.45, 7) is 6.32. The Labute approximate surface area is 212 Å². The van der Waals surface area contributed by atoms with Crippen molar-refractivity contribution in [2.24, 2.45) is 4.99 Å². The molecule has 0 aliphatic carbocycles. The fourth-order valence-corrected chi connectivity index (χ4v) is 4.08. The molecule has 0 atom stereocenters. The van der Waals surface area contributed by atoms with Crippen LogP contribution in [0.2, 0.25) is 0 Å². The van der Waals surface area contributed by atoms with Crippen molar-refractivity contribution >= 4 is 29.9 Å². The first-order valence-electron chi connectivity index (χ1n) is 10.7. The number of rotatable bonds is 5. The first kappa shape index (κ1) is 24.8. The Kier molecular flexibility index (Phi) is 8.17. The third kappa shape index (κ3) is 5.40. The van der Waals surface area contributed by atoms with Crippen molar-refractivity contribution in [1.82, 2.24) is 25.0 Å². The molecule has 1 aliphatic rings. The molecule has 0 bridgehead atoms. The van der Waals surface area contributed by atoms with Gasteiger partial charge in [0, 0.05) is 38.6 Å². The summed E-state index contributed by atoms with van der Waals surface area (Å²) >= 11 is 0. The Morgan fingerprint density at radius 1 is 1.09 bits per heavy atom. The summed E-state index contributed by atoms with van der Waals surface area (Å²) in [5, 5.41) is 7.97. The fraction of sp³-hybridized carbons (Fsp3) is 0.375. The monoisotopic (exact) mass is 562 g/mol. The molecule has 0 fully saturated rings. The van der Waals surface area contributed by atoms with Crippen LogP contribution in [0.3, 0.4) is 0 Å². The third-order valence-electron chi connectivity index (χ3n) is 5.72. The lowest BCUT2D eigenvalue weighted by Crippen LogP contribution is -2.43. The lowest BCUT2D eigenvalue weighted by atomic mass is 9.99. The summed E-state index contributed by atoms with van der Waals surface area (Å²) < 4.78 is 12.8. The van der Waals surface area contributed by atoms with E-state index >= 15 is 0 Å². The summed E-state index contributed by atoms with van der Waals surface area (Å²) in [7, 11) is 5.15. The van der Waals surface area contributed by atoms with Crippen LogP contribution >= 0.6 is 24.0 Å². The molecule has 0 saturated carbocycles. The largest absolute Gasteiger partial charge is 0.493 e. The van der Waals surface area contributed by atoms with Crippen LogP contribution < -0.4 is 14.8 Å². The molecule has 1 aromatic carbocycles. The number of benzene rings is 1. The summed E-state index contributed by atoms with van der Waals surface area (Å²) in [6.07, 6.45) is 2.81. The van der Waals surface area contributed by atoms with Crippen molar-refractivity contribution in [3.05, 3.63) is 64.6 Å². The van der Waals surface area contributed by atoms with E-state index in [-0.39, 0.29) is 24.0 Å². The highest BCUT2D eigenvalue weighted by Gasteiger charge is 2.21. The number of aromatic nitrogens is 3. The van der Waals surface area contributed by atoms with E-state index < -0.39 is 0 Å². The molecule has 9 heteroatoms. The van der Waals surface area contributed by atoms with E-state index in [0.29, 0.717) is 6.54 Å². The van der Waals surface area contributed by atoms with Crippen molar-refractivity contribution < 1.29 is 9.47 Å². The number of aliphatic imine (C=N–C) groups is 1. The summed E-state index contributed by atoms with van der Waals surface area (Å²) in [5.41, 5.74) is 5.66. The fourth-order valence-electron chi connectivity index (χ4n) is 4.08. The van der Waals surface area contributed by atoms with E-state index in [2.05, 4.69) is 43.5 Å². The van der Waals surface area contributed by atoms with Gasteiger partial charge in [0.15, 0.2) is 23.3 Å². The maximum Gasteiger partial charge on any atom is 0.194 e. The number of methoxy groups -OCH3 is 2. The highest BCUT2D eigenvalue weighted by Crippen LogP contribution is 2.33. The summed E-state index contributed by atoms with van der Waals surface area (Å²) in [4.78, 5) is 11.3. The molecular weight excluding hydrogens is 531 g/mol. The topological polar surface area (TPSA) is 76.8 Å². The van der Waals surface area contributed by atoms with Gasteiger partial charge in [-0.25, -0.2) is 9.67 Å². The first-order chi connectivity index (χ1) is 15.5. The number of nitrogens with one attached hydrogen (secondary N) is 1. The van der Waals surface area contributed by atoms with E-state index in [4.69, 9.17) is 9.47 Å². The Morgan fingerprint density at radius 3 is 2.39 bits per heavy atom. The van der Waals surface area contributed by atoms with Crippen LogP contribution in [0.5, 0.6) is 11.5 Å². The van der Waals surface area contributed by atoms with Gasteiger partial charge in [0.2, 0.25) is 0 Å². The highest BCUT2D eigenvalue weighted by atomic mass is 127. The predicted octanol–water partition coefficient (Wildman–Crippen LogP) is 3.65. The maximum absolute atomic E-state index is 5.48. The Balaban J connectivity index is 0.00000306. The average Bonchev–Trinajstić information content (AvgIpc) is 3.16. The van der Waals surface area contributed by atoms with Gasteiger partial charge >= 0.3 is 0 Å². The SMILES string of the molecule is CN=C(NCc1ccc(-n2nc(C)cc2C)nc1)N1CCc2cc(OC)c(OC)cc2C1.I. The maximum atomic E-state index is 5.48. The zero-order valence-electron chi connectivity index (χ0n) is 19.8. The van der Waals surface area contributed by atoms with Gasteiger partial charge in [0.25, 0.3) is 0 Å². The normalized spacial score (nSPS) is 13.2. The molecule has 176 valence electrons. The van der Waals surface area contributed by atoms with E-state index in [1.807, 2.05) is 43.9 Å². The summed E-state index contributed by atoms with van der Waals surface area (Å²) in [6, 6.07) is 10.3. The second-order valence-electron chi connectivity index (χ2n) is 7.91. The van der Waals surface area contributed by atoms with Crippen LogP contribution in [-0.2, 0) is 19.5 Å². The molecule has 0 unspecified atom stereocenters. The first-order valence-corrected chi connectivity index (χ1v) is 10.7. The molecule has 1 aliphatic heterocycles. The smallest absolute Gasteiger partial charge is 0.194 e. The van der Waals surface area contributed by atoms with Crippen LogP contribution in [0, 0.1) is 13.8 Å². The van der Waals surface area contributed by atoms with Gasteiger partial charge in [0.1, 0.15) is 0 Å². The van der Waals surface area contributed by atoms with Crippen molar-refractivity contribution in [2.75, 3.05) is 27.8 Å². The molecule has 4 rings (SSSR count). The number of nitrogens with zero attached hydrogens (tertiary/aromatic N) is 5. The number of fused-ring (bicyclic) bond motifs is 1. The van der Waals surface area contributed by atoms with Crippen molar-refractivity contribution in [1.29, 1.82) is 0 Å². The minimum Gasteiger partial charge on any atom is -0.493 e. The van der Waals surface area contributed by atoms with E-state index in [1.54, 1.807) is 14.2 Å². The number of hydrogen-bond acceptors (Lipinski definition) is 5. The minimum absolute atomic E-state index is 0. The molecule has 0 radical (unpaired) electrons. The van der Waals surface area contributed by atoms with Gasteiger partial charge in [-0.1, -0.05) is 6.07 Å². The quantitative estimate of drug-likeness (QED) is 0.291. The van der Waals surface area contributed by atoms with Gasteiger partial charge in [0.05, 0.1) is 19.9 Å². The molecule has 0 saturated heterocycles. The van der Waals surface area contributed by atoms with Crippen LogP contribution in [-0.4, -0.2) is 53.4 Å². The Bertz CT molecular complexity index is 1130. The van der Waals surface area contributed by atoms with Crippen LogP contribution in [0.4, 0.5) is 0 Å². The Morgan fingerprint density at radius 2 is 1.82 bits per heavy atom. The van der Waals surface area contributed by atoms with Crippen molar-refractivity contribution in [2.45, 2.75) is 33.4 Å². The molecule has 3 aromatic rings. The number of aryl methyl sites for hydroxylation is 2. The predicted molar refractivity (Wildman–Crippen MR) is 140 cm³/mol. The lowest BCUT2D eigenvalue weighted by Gasteiger charge is -2.32. The molecule has 33 heavy (non-hydrogen) atoms. The second kappa shape index (κ2) is 10.9. The van der Waals surface area contributed by atoms with Crippen LogP contribution in [0.25, 0.3) is 5.82 Å². The molecular formula is C24H31IN6O2. The standard InChI is InChI=1S/C24H30N6O2.HI/c1-16-10-17(2)30(28-16)23-7-6-18(13-26-23)14-27-24(25-3)29-9-8-19-11-21(31-4)22(32-5)12-20(19)15-29;/h6-7,10-13H,8-9,14-15H2,1-5H3,(H,25,27);1H. The molecule has 0 spiro atoms. The number of hydrogen-bond donors (Lipinski definition) is 1. The zero-order chi connectivity index (χ0) is 22.7. The van der Waals surface area contributed by atoms with Crippen molar-refractivity contribution in [3.8, 4) is 17.3 Å². The van der Waals surface area contributed by atoms with Gasteiger partial charge < -0.3 is 19.7 Å². The average molecular weight is 562 g/mol. The van der Waals surface area contributed by atoms with Gasteiger partial charge in [-0.15, -0.1) is 24.0 Å². The van der Waals surface area contributed by atoms with E-state index in [0.717, 1.165) is 59.7 Å².